The highest BCUT2D eigenvalue weighted by molar-refractivity contribution is 6.03. The van der Waals surface area contributed by atoms with E-state index in [0.29, 0.717) is 0 Å². The van der Waals surface area contributed by atoms with Gasteiger partial charge in [0.05, 0.1) is 0 Å². The van der Waals surface area contributed by atoms with Crippen molar-refractivity contribution in [2.24, 2.45) is 0 Å². The van der Waals surface area contributed by atoms with E-state index in [-0.39, 0.29) is 0 Å². The molecule has 7 aromatic rings. The van der Waals surface area contributed by atoms with Crippen LogP contribution < -0.4 is 0 Å². The first-order chi connectivity index (χ1) is 17.8. The van der Waals surface area contributed by atoms with Gasteiger partial charge < -0.3 is 0 Å². The second kappa shape index (κ2) is 6.62. The summed E-state index contributed by atoms with van der Waals surface area (Å²) < 4.78 is 0. The molecule has 166 valence electrons. The molecule has 0 aromatic heterocycles. The van der Waals surface area contributed by atoms with Gasteiger partial charge in [0, 0.05) is 0 Å². The van der Waals surface area contributed by atoms with Crippen LogP contribution >= 0.6 is 0 Å². The minimum Gasteiger partial charge on any atom is -0.0616 e. The van der Waals surface area contributed by atoms with Crippen molar-refractivity contribution in [3.8, 4) is 22.3 Å². The number of hydrogen-bond acceptors (Lipinski definition) is 0. The average Bonchev–Trinajstić information content (AvgIpc) is 3.42. The second-order valence-electron chi connectivity index (χ2n) is 10.6. The molecule has 0 aliphatic heterocycles. The summed E-state index contributed by atoms with van der Waals surface area (Å²) in [5.41, 5.74) is 11.6. The molecule has 0 spiro atoms. The molecule has 9 rings (SSSR count). The quantitative estimate of drug-likeness (QED) is 0.200. The Labute approximate surface area is 209 Å². The van der Waals surface area contributed by atoms with E-state index in [2.05, 4.69) is 109 Å². The maximum Gasteiger partial charge on any atom is -0.00130 e. The normalized spacial score (nSPS) is 13.3. The minimum absolute atomic E-state index is 1.02. The summed E-state index contributed by atoms with van der Waals surface area (Å²) >= 11 is 0. The van der Waals surface area contributed by atoms with Crippen molar-refractivity contribution >= 4 is 43.1 Å². The highest BCUT2D eigenvalue weighted by Crippen LogP contribution is 2.46. The first kappa shape index (κ1) is 18.9. The highest BCUT2D eigenvalue weighted by atomic mass is 14.3. The Hall–Kier alpha value is -4.42. The van der Waals surface area contributed by atoms with E-state index in [1.807, 2.05) is 0 Å². The van der Waals surface area contributed by atoms with Gasteiger partial charge in [0.25, 0.3) is 0 Å². The standard InChI is InChI=1S/C36H22/c1-3-7-23-11-27-17-33-29(13-25(27)9-21(23)5-1)15-31-19-36-32(20-35(31)33)16-30-14-26-10-22-6-2-4-8-24(22)12-28(26)18-34(30)36/h1-14,17-20H,15-16H2. The fourth-order valence-corrected chi connectivity index (χ4v) is 6.77. The first-order valence-corrected chi connectivity index (χ1v) is 12.8. The smallest absolute Gasteiger partial charge is 0.00130 e. The molecule has 0 N–H and O–H groups in total. The van der Waals surface area contributed by atoms with Crippen LogP contribution in [0.1, 0.15) is 22.3 Å². The van der Waals surface area contributed by atoms with Crippen LogP contribution in [0.2, 0.25) is 0 Å². The van der Waals surface area contributed by atoms with E-state index < -0.39 is 0 Å². The molecule has 0 bridgehead atoms. The molecule has 7 aromatic carbocycles. The predicted octanol–water partition coefficient (Wildman–Crippen LogP) is 9.44. The van der Waals surface area contributed by atoms with E-state index in [1.165, 1.54) is 87.6 Å². The SMILES string of the molecule is c1ccc2cc3cc4c(cc3cc2c1)Cc1cc2c(cc1-4)Cc1cc3cc4ccccc4cc3cc1-2. The zero-order valence-electron chi connectivity index (χ0n) is 19.8. The molecule has 2 aliphatic rings. The van der Waals surface area contributed by atoms with E-state index in [4.69, 9.17) is 0 Å². The summed E-state index contributed by atoms with van der Waals surface area (Å²) in [4.78, 5) is 0. The molecular formula is C36H22. The largest absolute Gasteiger partial charge is 0.0616 e. The molecule has 0 amide bonds. The summed E-state index contributed by atoms with van der Waals surface area (Å²) in [5, 5.41) is 10.6. The average molecular weight is 455 g/mol. The Morgan fingerprint density at radius 1 is 0.278 bits per heavy atom. The van der Waals surface area contributed by atoms with Crippen molar-refractivity contribution < 1.29 is 0 Å². The molecule has 36 heavy (non-hydrogen) atoms. The molecule has 0 heterocycles. The summed E-state index contributed by atoms with van der Waals surface area (Å²) in [6.45, 7) is 0. The molecule has 0 unspecified atom stereocenters. The third-order valence-corrected chi connectivity index (χ3v) is 8.52. The van der Waals surface area contributed by atoms with E-state index in [0.717, 1.165) is 12.8 Å². The van der Waals surface area contributed by atoms with Crippen LogP contribution in [-0.4, -0.2) is 0 Å². The van der Waals surface area contributed by atoms with Gasteiger partial charge in [-0.25, -0.2) is 0 Å². The van der Waals surface area contributed by atoms with Gasteiger partial charge in [-0.2, -0.15) is 0 Å². The molecular weight excluding hydrogens is 432 g/mol. The van der Waals surface area contributed by atoms with Crippen LogP contribution in [0.25, 0.3) is 65.3 Å². The lowest BCUT2D eigenvalue weighted by Crippen LogP contribution is -1.85. The number of fused-ring (bicyclic) bond motifs is 10. The minimum atomic E-state index is 1.02. The monoisotopic (exact) mass is 454 g/mol. The van der Waals surface area contributed by atoms with Crippen molar-refractivity contribution in [2.45, 2.75) is 12.8 Å². The molecule has 2 aliphatic carbocycles. The second-order valence-corrected chi connectivity index (χ2v) is 10.6. The van der Waals surface area contributed by atoms with Crippen molar-refractivity contribution in [3.63, 3.8) is 0 Å². The fourth-order valence-electron chi connectivity index (χ4n) is 6.77. The lowest BCUT2D eigenvalue weighted by atomic mass is 9.95. The Balaban J connectivity index is 1.21. The summed E-state index contributed by atoms with van der Waals surface area (Å²) in [5.74, 6) is 0. The van der Waals surface area contributed by atoms with Crippen LogP contribution in [0, 0.1) is 0 Å². The maximum absolute atomic E-state index is 2.49. The van der Waals surface area contributed by atoms with E-state index in [1.54, 1.807) is 0 Å². The van der Waals surface area contributed by atoms with Crippen molar-refractivity contribution in [3.05, 3.63) is 131 Å². The van der Waals surface area contributed by atoms with Crippen LogP contribution in [-0.2, 0) is 12.8 Å². The van der Waals surface area contributed by atoms with Crippen molar-refractivity contribution in [1.82, 2.24) is 0 Å². The van der Waals surface area contributed by atoms with E-state index in [9.17, 15) is 0 Å². The van der Waals surface area contributed by atoms with Gasteiger partial charge in [0.2, 0.25) is 0 Å². The Morgan fingerprint density at radius 2 is 0.583 bits per heavy atom. The van der Waals surface area contributed by atoms with Gasteiger partial charge in [-0.05, 0) is 149 Å². The molecule has 0 radical (unpaired) electrons. The molecule has 0 fully saturated rings. The number of hydrogen-bond donors (Lipinski definition) is 0. The number of benzene rings is 7. The molecule has 0 heteroatoms. The summed E-state index contributed by atoms with van der Waals surface area (Å²) in [6.07, 6.45) is 2.04. The van der Waals surface area contributed by atoms with Crippen LogP contribution in [0.5, 0.6) is 0 Å². The summed E-state index contributed by atoms with van der Waals surface area (Å²) in [7, 11) is 0. The predicted molar refractivity (Wildman–Crippen MR) is 153 cm³/mol. The molecule has 0 saturated heterocycles. The molecule has 0 saturated carbocycles. The lowest BCUT2D eigenvalue weighted by Gasteiger charge is -2.09. The summed E-state index contributed by atoms with van der Waals surface area (Å²) in [6, 6.07) is 41.4. The fraction of sp³-hybridized carbons (Fsp3) is 0.0556. The molecule has 0 nitrogen and oxygen atoms in total. The number of rotatable bonds is 0. The van der Waals surface area contributed by atoms with Gasteiger partial charge in [-0.1, -0.05) is 60.7 Å². The van der Waals surface area contributed by atoms with Gasteiger partial charge in [0.15, 0.2) is 0 Å². The zero-order chi connectivity index (χ0) is 23.4. The highest BCUT2D eigenvalue weighted by Gasteiger charge is 2.26. The van der Waals surface area contributed by atoms with Crippen molar-refractivity contribution in [1.29, 1.82) is 0 Å². The maximum atomic E-state index is 2.49. The van der Waals surface area contributed by atoms with Crippen LogP contribution in [0.15, 0.2) is 109 Å². The van der Waals surface area contributed by atoms with Crippen molar-refractivity contribution in [2.75, 3.05) is 0 Å². The molecule has 0 atom stereocenters. The lowest BCUT2D eigenvalue weighted by molar-refractivity contribution is 1.24. The first-order valence-electron chi connectivity index (χ1n) is 12.8. The third-order valence-electron chi connectivity index (χ3n) is 8.52. The van der Waals surface area contributed by atoms with Gasteiger partial charge in [0.1, 0.15) is 0 Å². The Kier molecular flexibility index (Phi) is 3.47. The van der Waals surface area contributed by atoms with Gasteiger partial charge in [-0.15, -0.1) is 0 Å². The Morgan fingerprint density at radius 3 is 0.972 bits per heavy atom. The van der Waals surface area contributed by atoms with Gasteiger partial charge >= 0.3 is 0 Å². The van der Waals surface area contributed by atoms with E-state index >= 15 is 0 Å². The third kappa shape index (κ3) is 2.54. The Bertz CT molecular complexity index is 1940. The zero-order valence-corrected chi connectivity index (χ0v) is 19.8. The van der Waals surface area contributed by atoms with Crippen LogP contribution in [0.3, 0.4) is 0 Å². The van der Waals surface area contributed by atoms with Gasteiger partial charge in [-0.3, -0.25) is 0 Å². The topological polar surface area (TPSA) is 0 Å². The van der Waals surface area contributed by atoms with Crippen LogP contribution in [0.4, 0.5) is 0 Å².